The number of hydrogen-bond acceptors (Lipinski definition) is 3. The van der Waals surface area contributed by atoms with Crippen molar-refractivity contribution in [1.29, 1.82) is 0 Å². The Morgan fingerprint density at radius 2 is 1.69 bits per heavy atom. The largest absolute Gasteiger partial charge is 0.356 e. The first kappa shape index (κ1) is 14.9. The van der Waals surface area contributed by atoms with Crippen LogP contribution in [0.2, 0.25) is 0 Å². The van der Waals surface area contributed by atoms with Gasteiger partial charge in [-0.2, -0.15) is 0 Å². The first-order valence-corrected chi connectivity index (χ1v) is 5.83. The standard InChI is InChI=1S/C11H23N3O2/c1-4-14(5-2)9-8-13-11(16)6-7-12-10(3)15/h4-9H2,1-3H3,(H,12,15)(H,13,16). The summed E-state index contributed by atoms with van der Waals surface area (Å²) in [5.74, 6) is -0.114. The van der Waals surface area contributed by atoms with E-state index in [1.54, 1.807) is 0 Å². The Bertz CT molecular complexity index is 215. The predicted octanol–water partition coefficient (Wildman–Crippen LogP) is -0.0294. The van der Waals surface area contributed by atoms with E-state index in [0.717, 1.165) is 19.6 Å². The molecule has 0 heterocycles. The highest BCUT2D eigenvalue weighted by atomic mass is 16.2. The maximum atomic E-state index is 11.3. The highest BCUT2D eigenvalue weighted by molar-refractivity contribution is 5.77. The second-order valence-electron chi connectivity index (χ2n) is 3.61. The van der Waals surface area contributed by atoms with Gasteiger partial charge in [-0.3, -0.25) is 9.59 Å². The summed E-state index contributed by atoms with van der Waals surface area (Å²) >= 11 is 0. The number of carbonyl (C=O) groups is 2. The Hall–Kier alpha value is -1.10. The molecule has 0 aliphatic carbocycles. The van der Waals surface area contributed by atoms with Crippen LogP contribution < -0.4 is 10.6 Å². The predicted molar refractivity (Wildman–Crippen MR) is 64.1 cm³/mol. The Kier molecular flexibility index (Phi) is 8.52. The van der Waals surface area contributed by atoms with Gasteiger partial charge in [-0.25, -0.2) is 0 Å². The first-order valence-electron chi connectivity index (χ1n) is 5.83. The molecular formula is C11H23N3O2. The van der Waals surface area contributed by atoms with Gasteiger partial charge in [-0.05, 0) is 13.1 Å². The molecule has 2 N–H and O–H groups in total. The maximum absolute atomic E-state index is 11.3. The summed E-state index contributed by atoms with van der Waals surface area (Å²) in [5.41, 5.74) is 0. The molecule has 0 aliphatic rings. The van der Waals surface area contributed by atoms with Crippen molar-refractivity contribution >= 4 is 11.8 Å². The van der Waals surface area contributed by atoms with Crippen LogP contribution in [0.5, 0.6) is 0 Å². The van der Waals surface area contributed by atoms with Crippen LogP contribution in [0.3, 0.4) is 0 Å². The third kappa shape index (κ3) is 8.23. The van der Waals surface area contributed by atoms with Gasteiger partial charge < -0.3 is 15.5 Å². The van der Waals surface area contributed by atoms with E-state index in [9.17, 15) is 9.59 Å². The maximum Gasteiger partial charge on any atom is 0.221 e. The summed E-state index contributed by atoms with van der Waals surface area (Å²) in [6, 6.07) is 0. The van der Waals surface area contributed by atoms with Gasteiger partial charge in [0.2, 0.25) is 11.8 Å². The first-order chi connectivity index (χ1) is 7.60. The monoisotopic (exact) mass is 229 g/mol. The fourth-order valence-corrected chi connectivity index (χ4v) is 1.33. The van der Waals surface area contributed by atoms with Crippen LogP contribution >= 0.6 is 0 Å². The Morgan fingerprint density at radius 1 is 1.06 bits per heavy atom. The normalized spacial score (nSPS) is 10.2. The van der Waals surface area contributed by atoms with Crippen molar-refractivity contribution in [3.63, 3.8) is 0 Å². The van der Waals surface area contributed by atoms with Crippen molar-refractivity contribution in [2.24, 2.45) is 0 Å². The Labute approximate surface area is 97.6 Å². The number of likely N-dealkylation sites (N-methyl/N-ethyl adjacent to an activating group) is 1. The summed E-state index contributed by atoms with van der Waals surface area (Å²) in [6.45, 7) is 9.59. The van der Waals surface area contributed by atoms with Crippen LogP contribution in [0.15, 0.2) is 0 Å². The molecule has 0 saturated carbocycles. The highest BCUT2D eigenvalue weighted by Gasteiger charge is 2.02. The lowest BCUT2D eigenvalue weighted by atomic mass is 10.4. The lowest BCUT2D eigenvalue weighted by Gasteiger charge is -2.17. The van der Waals surface area contributed by atoms with E-state index in [1.807, 2.05) is 0 Å². The van der Waals surface area contributed by atoms with E-state index in [4.69, 9.17) is 0 Å². The van der Waals surface area contributed by atoms with Crippen molar-refractivity contribution < 1.29 is 9.59 Å². The van der Waals surface area contributed by atoms with Gasteiger partial charge in [0.15, 0.2) is 0 Å². The molecule has 0 atom stereocenters. The molecule has 5 heteroatoms. The summed E-state index contributed by atoms with van der Waals surface area (Å²) in [4.78, 5) is 24.1. The number of rotatable bonds is 8. The third-order valence-corrected chi connectivity index (χ3v) is 2.37. The zero-order valence-electron chi connectivity index (χ0n) is 10.5. The van der Waals surface area contributed by atoms with Gasteiger partial charge in [0.1, 0.15) is 0 Å². The minimum atomic E-state index is -0.101. The Morgan fingerprint density at radius 3 is 2.19 bits per heavy atom. The van der Waals surface area contributed by atoms with Crippen molar-refractivity contribution in [3.8, 4) is 0 Å². The second kappa shape index (κ2) is 9.15. The number of carbonyl (C=O) groups excluding carboxylic acids is 2. The van der Waals surface area contributed by atoms with Crippen LogP contribution in [-0.2, 0) is 9.59 Å². The molecule has 0 aromatic heterocycles. The van der Waals surface area contributed by atoms with E-state index in [2.05, 4.69) is 29.4 Å². The van der Waals surface area contributed by atoms with Gasteiger partial charge in [-0.1, -0.05) is 13.8 Å². The molecule has 94 valence electrons. The number of hydrogen-bond donors (Lipinski definition) is 2. The lowest BCUT2D eigenvalue weighted by Crippen LogP contribution is -2.36. The zero-order valence-corrected chi connectivity index (χ0v) is 10.5. The second-order valence-corrected chi connectivity index (χ2v) is 3.61. The molecular weight excluding hydrogens is 206 g/mol. The summed E-state index contributed by atoms with van der Waals surface area (Å²) in [5, 5.41) is 5.41. The molecule has 0 bridgehead atoms. The van der Waals surface area contributed by atoms with Gasteiger partial charge in [0, 0.05) is 33.0 Å². The molecule has 0 unspecified atom stereocenters. The average Bonchev–Trinajstić information content (AvgIpc) is 2.24. The number of nitrogens with one attached hydrogen (secondary N) is 2. The van der Waals surface area contributed by atoms with Crippen molar-refractivity contribution in [1.82, 2.24) is 15.5 Å². The molecule has 5 nitrogen and oxygen atoms in total. The lowest BCUT2D eigenvalue weighted by molar-refractivity contribution is -0.121. The minimum Gasteiger partial charge on any atom is -0.356 e. The number of nitrogens with zero attached hydrogens (tertiary/aromatic N) is 1. The molecule has 0 fully saturated rings. The minimum absolute atomic E-state index is 0.0130. The smallest absolute Gasteiger partial charge is 0.221 e. The highest BCUT2D eigenvalue weighted by Crippen LogP contribution is 1.85. The third-order valence-electron chi connectivity index (χ3n) is 2.37. The molecule has 0 saturated heterocycles. The van der Waals surface area contributed by atoms with Gasteiger partial charge in [0.25, 0.3) is 0 Å². The van der Waals surface area contributed by atoms with E-state index in [0.29, 0.717) is 19.5 Å². The zero-order chi connectivity index (χ0) is 12.4. The van der Waals surface area contributed by atoms with Crippen LogP contribution in [0.25, 0.3) is 0 Å². The summed E-state index contributed by atoms with van der Waals surface area (Å²) in [6.07, 6.45) is 0.345. The summed E-state index contributed by atoms with van der Waals surface area (Å²) in [7, 11) is 0. The topological polar surface area (TPSA) is 61.4 Å². The van der Waals surface area contributed by atoms with E-state index >= 15 is 0 Å². The van der Waals surface area contributed by atoms with Gasteiger partial charge in [-0.15, -0.1) is 0 Å². The van der Waals surface area contributed by atoms with Crippen molar-refractivity contribution in [2.45, 2.75) is 27.2 Å². The quantitative estimate of drug-likeness (QED) is 0.614. The molecule has 0 aromatic carbocycles. The molecule has 0 aromatic rings. The summed E-state index contributed by atoms with van der Waals surface area (Å²) < 4.78 is 0. The molecule has 0 rings (SSSR count). The molecule has 0 aliphatic heterocycles. The van der Waals surface area contributed by atoms with Crippen LogP contribution in [-0.4, -0.2) is 49.4 Å². The fraction of sp³-hybridized carbons (Fsp3) is 0.818. The van der Waals surface area contributed by atoms with E-state index in [1.165, 1.54) is 6.92 Å². The van der Waals surface area contributed by atoms with Gasteiger partial charge >= 0.3 is 0 Å². The van der Waals surface area contributed by atoms with Crippen LogP contribution in [0, 0.1) is 0 Å². The average molecular weight is 229 g/mol. The molecule has 0 radical (unpaired) electrons. The van der Waals surface area contributed by atoms with Gasteiger partial charge in [0.05, 0.1) is 0 Å². The van der Waals surface area contributed by atoms with E-state index < -0.39 is 0 Å². The SMILES string of the molecule is CCN(CC)CCNC(=O)CCNC(C)=O. The Balaban J connectivity index is 3.46. The van der Waals surface area contributed by atoms with Crippen molar-refractivity contribution in [3.05, 3.63) is 0 Å². The number of amides is 2. The molecule has 2 amide bonds. The van der Waals surface area contributed by atoms with Crippen LogP contribution in [0.1, 0.15) is 27.2 Å². The fourth-order valence-electron chi connectivity index (χ4n) is 1.33. The van der Waals surface area contributed by atoms with E-state index in [-0.39, 0.29) is 11.8 Å². The van der Waals surface area contributed by atoms with Crippen molar-refractivity contribution in [2.75, 3.05) is 32.7 Å². The van der Waals surface area contributed by atoms with Crippen LogP contribution in [0.4, 0.5) is 0 Å². The molecule has 16 heavy (non-hydrogen) atoms. The molecule has 0 spiro atoms.